The number of rotatable bonds is 10. The largest absolute Gasteiger partial charge is 0.480 e. The number of carbonyl (C=O) groups excluding carboxylic acids is 1. The molecule has 0 aromatic heterocycles. The van der Waals surface area contributed by atoms with Crippen LogP contribution in [0.4, 0.5) is 0 Å². The third kappa shape index (κ3) is 6.60. The molecule has 0 unspecified atom stereocenters. The van der Waals surface area contributed by atoms with E-state index in [4.69, 9.17) is 9.47 Å². The number of ether oxygens (including phenoxy) is 2. The highest BCUT2D eigenvalue weighted by molar-refractivity contribution is 5.82. The van der Waals surface area contributed by atoms with Crippen LogP contribution in [-0.4, -0.2) is 41.6 Å². The highest BCUT2D eigenvalue weighted by Crippen LogP contribution is 2.31. The highest BCUT2D eigenvalue weighted by atomic mass is 16.5. The van der Waals surface area contributed by atoms with E-state index >= 15 is 0 Å². The number of amides is 1. The van der Waals surface area contributed by atoms with E-state index in [1.165, 1.54) is 4.90 Å². The molecule has 6 nitrogen and oxygen atoms in total. The number of para-hydroxylation sites is 3. The Kier molecular flexibility index (Phi) is 7.65. The van der Waals surface area contributed by atoms with E-state index in [2.05, 4.69) is 0 Å². The van der Waals surface area contributed by atoms with Crippen LogP contribution in [0, 0.1) is 6.92 Å². The molecule has 0 aliphatic heterocycles. The smallest absolute Gasteiger partial charge is 0.323 e. The lowest BCUT2D eigenvalue weighted by Crippen LogP contribution is -2.40. The number of carbonyl (C=O) groups is 2. The monoisotopic (exact) mass is 419 g/mol. The molecule has 3 aromatic rings. The van der Waals surface area contributed by atoms with Crippen molar-refractivity contribution in [2.45, 2.75) is 13.3 Å². The van der Waals surface area contributed by atoms with Gasteiger partial charge in [-0.3, -0.25) is 9.59 Å². The zero-order chi connectivity index (χ0) is 22.1. The predicted octanol–water partition coefficient (Wildman–Crippen LogP) is 4.32. The van der Waals surface area contributed by atoms with Crippen LogP contribution >= 0.6 is 0 Å². The topological polar surface area (TPSA) is 76.1 Å². The van der Waals surface area contributed by atoms with Gasteiger partial charge in [-0.1, -0.05) is 54.6 Å². The molecule has 0 bridgehead atoms. The third-order valence-corrected chi connectivity index (χ3v) is 4.76. The van der Waals surface area contributed by atoms with Gasteiger partial charge in [-0.15, -0.1) is 0 Å². The Balaban J connectivity index is 1.64. The van der Waals surface area contributed by atoms with Gasteiger partial charge in [0.2, 0.25) is 0 Å². The molecule has 0 spiro atoms. The van der Waals surface area contributed by atoms with E-state index in [1.807, 2.05) is 67.6 Å². The molecule has 0 aliphatic rings. The van der Waals surface area contributed by atoms with Crippen molar-refractivity contribution in [3.8, 4) is 17.2 Å². The minimum Gasteiger partial charge on any atom is -0.480 e. The van der Waals surface area contributed by atoms with E-state index in [0.29, 0.717) is 30.2 Å². The van der Waals surface area contributed by atoms with Crippen molar-refractivity contribution < 1.29 is 24.2 Å². The highest BCUT2D eigenvalue weighted by Gasteiger charge is 2.18. The van der Waals surface area contributed by atoms with Gasteiger partial charge in [-0.2, -0.15) is 0 Å². The molecule has 160 valence electrons. The summed E-state index contributed by atoms with van der Waals surface area (Å²) in [5.41, 5.74) is 2.18. The second kappa shape index (κ2) is 10.8. The Hall–Kier alpha value is -3.80. The van der Waals surface area contributed by atoms with Gasteiger partial charge in [0.15, 0.2) is 18.1 Å². The summed E-state index contributed by atoms with van der Waals surface area (Å²) >= 11 is 0. The van der Waals surface area contributed by atoms with E-state index in [1.54, 1.807) is 18.2 Å². The Morgan fingerprint density at radius 2 is 1.52 bits per heavy atom. The number of aryl methyl sites for hydroxylation is 1. The summed E-state index contributed by atoms with van der Waals surface area (Å²) in [5.74, 6) is 0.0760. The Morgan fingerprint density at radius 1 is 0.871 bits per heavy atom. The predicted molar refractivity (Wildman–Crippen MR) is 118 cm³/mol. The normalized spacial score (nSPS) is 10.4. The molecule has 0 radical (unpaired) electrons. The molecule has 3 rings (SSSR count). The van der Waals surface area contributed by atoms with E-state index < -0.39 is 11.9 Å². The SMILES string of the molecule is Cc1ccccc1CCN(CC(=O)O)C(=O)COc1ccccc1Oc1ccccc1. The summed E-state index contributed by atoms with van der Waals surface area (Å²) < 4.78 is 11.5. The first-order valence-electron chi connectivity index (χ1n) is 10.0. The number of nitrogens with zero attached hydrogens (tertiary/aromatic N) is 1. The van der Waals surface area contributed by atoms with Gasteiger partial charge in [0, 0.05) is 6.54 Å². The lowest BCUT2D eigenvalue weighted by atomic mass is 10.1. The Labute approximate surface area is 181 Å². The van der Waals surface area contributed by atoms with Crippen molar-refractivity contribution in [3.05, 3.63) is 90.0 Å². The maximum atomic E-state index is 12.7. The molecule has 6 heteroatoms. The first kappa shape index (κ1) is 21.9. The molecule has 0 fully saturated rings. The van der Waals surface area contributed by atoms with Gasteiger partial charge in [0.1, 0.15) is 12.3 Å². The van der Waals surface area contributed by atoms with Gasteiger partial charge in [-0.05, 0) is 48.7 Å². The Bertz CT molecular complexity index is 1020. The van der Waals surface area contributed by atoms with Crippen LogP contribution in [0.5, 0.6) is 17.2 Å². The van der Waals surface area contributed by atoms with Gasteiger partial charge in [0.05, 0.1) is 0 Å². The molecule has 1 amide bonds. The van der Waals surface area contributed by atoms with Crippen LogP contribution in [0.3, 0.4) is 0 Å². The second-order valence-corrected chi connectivity index (χ2v) is 7.04. The zero-order valence-corrected chi connectivity index (χ0v) is 17.4. The minimum atomic E-state index is -1.06. The zero-order valence-electron chi connectivity index (χ0n) is 17.4. The molecule has 0 atom stereocenters. The van der Waals surface area contributed by atoms with Crippen molar-refractivity contribution in [3.63, 3.8) is 0 Å². The molecule has 31 heavy (non-hydrogen) atoms. The fraction of sp³-hybridized carbons (Fsp3) is 0.200. The number of aliphatic carboxylic acids is 1. The summed E-state index contributed by atoms with van der Waals surface area (Å²) in [6.45, 7) is 1.62. The fourth-order valence-corrected chi connectivity index (χ4v) is 3.10. The van der Waals surface area contributed by atoms with Crippen LogP contribution in [0.2, 0.25) is 0 Å². The maximum Gasteiger partial charge on any atom is 0.323 e. The standard InChI is InChI=1S/C25H25NO5/c1-19-9-5-6-10-20(19)15-16-26(17-25(28)29)24(27)18-30-22-13-7-8-14-23(22)31-21-11-3-2-4-12-21/h2-14H,15-18H2,1H3,(H,28,29). The van der Waals surface area contributed by atoms with Crippen LogP contribution in [0.25, 0.3) is 0 Å². The first-order valence-corrected chi connectivity index (χ1v) is 10.0. The quantitative estimate of drug-likeness (QED) is 0.530. The molecular formula is C25H25NO5. The average molecular weight is 419 g/mol. The van der Waals surface area contributed by atoms with Crippen LogP contribution in [0.1, 0.15) is 11.1 Å². The first-order chi connectivity index (χ1) is 15.0. The van der Waals surface area contributed by atoms with Crippen molar-refractivity contribution in [2.75, 3.05) is 19.7 Å². The maximum absolute atomic E-state index is 12.7. The van der Waals surface area contributed by atoms with Crippen LogP contribution in [-0.2, 0) is 16.0 Å². The van der Waals surface area contributed by atoms with Crippen molar-refractivity contribution >= 4 is 11.9 Å². The average Bonchev–Trinajstić information content (AvgIpc) is 2.77. The van der Waals surface area contributed by atoms with Crippen molar-refractivity contribution in [1.82, 2.24) is 4.90 Å². The molecule has 0 saturated carbocycles. The second-order valence-electron chi connectivity index (χ2n) is 7.04. The Morgan fingerprint density at radius 3 is 2.23 bits per heavy atom. The van der Waals surface area contributed by atoms with Gasteiger partial charge >= 0.3 is 5.97 Å². The molecule has 0 saturated heterocycles. The van der Waals surface area contributed by atoms with Crippen LogP contribution in [0.15, 0.2) is 78.9 Å². The van der Waals surface area contributed by atoms with Crippen molar-refractivity contribution in [1.29, 1.82) is 0 Å². The molecule has 1 N–H and O–H groups in total. The van der Waals surface area contributed by atoms with E-state index in [-0.39, 0.29) is 13.2 Å². The summed E-state index contributed by atoms with van der Waals surface area (Å²) in [6.07, 6.45) is 0.569. The fourth-order valence-electron chi connectivity index (χ4n) is 3.10. The van der Waals surface area contributed by atoms with Gasteiger partial charge in [-0.25, -0.2) is 0 Å². The molecular weight excluding hydrogens is 394 g/mol. The number of hydrogen-bond donors (Lipinski definition) is 1. The van der Waals surface area contributed by atoms with Crippen molar-refractivity contribution in [2.24, 2.45) is 0 Å². The van der Waals surface area contributed by atoms with Gasteiger partial charge < -0.3 is 19.5 Å². The van der Waals surface area contributed by atoms with E-state index in [9.17, 15) is 14.7 Å². The summed E-state index contributed by atoms with van der Waals surface area (Å²) in [6, 6.07) is 24.2. The molecule has 3 aromatic carbocycles. The lowest BCUT2D eigenvalue weighted by Gasteiger charge is -2.21. The summed E-state index contributed by atoms with van der Waals surface area (Å²) in [5, 5.41) is 9.22. The minimum absolute atomic E-state index is 0.282. The molecule has 0 heterocycles. The number of benzene rings is 3. The van der Waals surface area contributed by atoms with Gasteiger partial charge in [0.25, 0.3) is 5.91 Å². The number of hydrogen-bond acceptors (Lipinski definition) is 4. The summed E-state index contributed by atoms with van der Waals surface area (Å²) in [4.78, 5) is 25.3. The summed E-state index contributed by atoms with van der Waals surface area (Å²) in [7, 11) is 0. The number of carboxylic acid groups (broad SMARTS) is 1. The molecule has 0 aliphatic carbocycles. The van der Waals surface area contributed by atoms with Crippen LogP contribution < -0.4 is 9.47 Å². The third-order valence-electron chi connectivity index (χ3n) is 4.76. The lowest BCUT2D eigenvalue weighted by molar-refractivity contribution is -0.145. The number of carboxylic acids is 1. The van der Waals surface area contributed by atoms with E-state index in [0.717, 1.165) is 11.1 Å².